The molecule has 0 aromatic heterocycles. The highest BCUT2D eigenvalue weighted by Crippen LogP contribution is 2.38. The first kappa shape index (κ1) is 53.9. The van der Waals surface area contributed by atoms with Gasteiger partial charge in [-0.05, 0) is 89.9 Å². The van der Waals surface area contributed by atoms with Crippen molar-refractivity contribution in [2.45, 2.75) is 123 Å². The van der Waals surface area contributed by atoms with Crippen LogP contribution in [0.25, 0.3) is 0 Å². The normalized spacial score (nSPS) is 15.0. The highest BCUT2D eigenvalue weighted by Gasteiger charge is 2.20. The molecule has 0 aliphatic carbocycles. The van der Waals surface area contributed by atoms with Crippen molar-refractivity contribution in [3.8, 4) is 0 Å². The number of unbranched alkanes of at least 4 members (excludes halogenated alkanes) is 3. The molecule has 0 radical (unpaired) electrons. The third-order valence-electron chi connectivity index (χ3n) is 8.02. The fourth-order valence-corrected chi connectivity index (χ4v) is 5.52. The van der Waals surface area contributed by atoms with Gasteiger partial charge in [0.2, 0.25) is 0 Å². The number of allylic oxidation sites excluding steroid dienone is 20. The largest absolute Gasteiger partial charge is 0.756 e. The Balaban J connectivity index is 4.41. The zero-order valence-corrected chi connectivity index (χ0v) is 37.1. The number of hydrogen-bond acceptors (Lipinski definition) is 7. The summed E-state index contributed by atoms with van der Waals surface area (Å²) in [4.78, 5) is 25.0. The van der Waals surface area contributed by atoms with Gasteiger partial charge in [-0.15, -0.1) is 0 Å². The molecule has 57 heavy (non-hydrogen) atoms. The second-order valence-electron chi connectivity index (χ2n) is 14.6. The lowest BCUT2D eigenvalue weighted by Gasteiger charge is -2.28. The number of rotatable bonds is 37. The zero-order valence-electron chi connectivity index (χ0n) is 36.2. The SMILES string of the molecule is CC/C=C\C/C=C\C/C=C\C/C=C\C/C=C\C/C=C\CCCCCOCC(COP(=O)([O-])OCC[N+](C)(C)C)OC(=O)CC/C=C\C/C=C\C/C=C\C/C=C\CC. The molecular weight excluding hydrogens is 734 g/mol. The predicted molar refractivity (Wildman–Crippen MR) is 240 cm³/mol. The van der Waals surface area contributed by atoms with Gasteiger partial charge in [0.1, 0.15) is 19.3 Å². The Morgan fingerprint density at radius 3 is 1.40 bits per heavy atom. The van der Waals surface area contributed by atoms with Crippen LogP contribution < -0.4 is 4.89 Å². The third-order valence-corrected chi connectivity index (χ3v) is 8.99. The molecule has 2 atom stereocenters. The smallest absolute Gasteiger partial charge is 0.306 e. The van der Waals surface area contributed by atoms with Crippen molar-refractivity contribution in [1.82, 2.24) is 0 Å². The van der Waals surface area contributed by atoms with Crippen LogP contribution in [0.4, 0.5) is 0 Å². The minimum Gasteiger partial charge on any atom is -0.756 e. The molecule has 0 heterocycles. The molecule has 0 aromatic carbocycles. The highest BCUT2D eigenvalue weighted by molar-refractivity contribution is 7.45. The van der Waals surface area contributed by atoms with Crippen LogP contribution in [0.5, 0.6) is 0 Å². The van der Waals surface area contributed by atoms with Gasteiger partial charge in [-0.1, -0.05) is 142 Å². The van der Waals surface area contributed by atoms with Crippen molar-refractivity contribution in [2.75, 3.05) is 54.1 Å². The predicted octanol–water partition coefficient (Wildman–Crippen LogP) is 12.0. The molecule has 0 aliphatic heterocycles. The van der Waals surface area contributed by atoms with E-state index < -0.39 is 19.9 Å². The Morgan fingerprint density at radius 1 is 0.544 bits per heavy atom. The number of phosphoric ester groups is 1. The molecule has 8 nitrogen and oxygen atoms in total. The molecule has 0 aliphatic rings. The van der Waals surface area contributed by atoms with Crippen LogP contribution in [0.3, 0.4) is 0 Å². The molecule has 0 N–H and O–H groups in total. The van der Waals surface area contributed by atoms with E-state index in [0.29, 0.717) is 24.1 Å². The summed E-state index contributed by atoms with van der Waals surface area (Å²) in [5, 5.41) is 0. The minimum atomic E-state index is -4.56. The zero-order chi connectivity index (χ0) is 42.0. The second-order valence-corrected chi connectivity index (χ2v) is 16.0. The summed E-state index contributed by atoms with van der Waals surface area (Å²) in [6.07, 6.45) is 56.7. The fraction of sp³-hybridized carbons (Fsp3) is 0.562. The summed E-state index contributed by atoms with van der Waals surface area (Å²) in [6, 6.07) is 0. The molecule has 2 unspecified atom stereocenters. The van der Waals surface area contributed by atoms with Crippen LogP contribution in [-0.4, -0.2) is 70.7 Å². The van der Waals surface area contributed by atoms with Crippen molar-refractivity contribution in [2.24, 2.45) is 0 Å². The Kier molecular flexibility index (Phi) is 37.6. The van der Waals surface area contributed by atoms with Crippen LogP contribution in [0.15, 0.2) is 122 Å². The number of carbonyl (C=O) groups excluding carboxylic acids is 1. The summed E-state index contributed by atoms with van der Waals surface area (Å²) in [6.45, 7) is 4.94. The maximum absolute atomic E-state index is 12.6. The number of ether oxygens (including phenoxy) is 2. The van der Waals surface area contributed by atoms with E-state index in [4.69, 9.17) is 18.5 Å². The third kappa shape index (κ3) is 43.9. The minimum absolute atomic E-state index is 0.00132. The van der Waals surface area contributed by atoms with Crippen LogP contribution in [-0.2, 0) is 27.9 Å². The molecule has 0 spiro atoms. The summed E-state index contributed by atoms with van der Waals surface area (Å²) < 4.78 is 34.4. The van der Waals surface area contributed by atoms with Gasteiger partial charge >= 0.3 is 5.97 Å². The van der Waals surface area contributed by atoms with Gasteiger partial charge in [-0.2, -0.15) is 0 Å². The van der Waals surface area contributed by atoms with Gasteiger partial charge < -0.3 is 27.9 Å². The van der Waals surface area contributed by atoms with Gasteiger partial charge in [-0.3, -0.25) is 9.36 Å². The van der Waals surface area contributed by atoms with E-state index in [1.165, 1.54) is 0 Å². The maximum atomic E-state index is 12.6. The first-order valence-corrected chi connectivity index (χ1v) is 22.7. The Bertz CT molecular complexity index is 1310. The fourth-order valence-electron chi connectivity index (χ4n) is 4.80. The monoisotopic (exact) mass is 812 g/mol. The van der Waals surface area contributed by atoms with Crippen molar-refractivity contribution in [3.05, 3.63) is 122 Å². The first-order chi connectivity index (χ1) is 27.6. The Labute approximate surface area is 348 Å². The number of phosphoric acid groups is 1. The van der Waals surface area contributed by atoms with E-state index in [9.17, 15) is 14.3 Å². The van der Waals surface area contributed by atoms with Crippen LogP contribution in [0.1, 0.15) is 117 Å². The summed E-state index contributed by atoms with van der Waals surface area (Å²) in [5.74, 6) is -0.433. The van der Waals surface area contributed by atoms with Gasteiger partial charge in [0.25, 0.3) is 7.82 Å². The quantitative estimate of drug-likeness (QED) is 0.0203. The van der Waals surface area contributed by atoms with Crippen LogP contribution in [0, 0.1) is 0 Å². The van der Waals surface area contributed by atoms with Gasteiger partial charge in [-0.25, -0.2) is 0 Å². The lowest BCUT2D eigenvalue weighted by atomic mass is 10.2. The Morgan fingerprint density at radius 2 is 0.965 bits per heavy atom. The van der Waals surface area contributed by atoms with Crippen LogP contribution >= 0.6 is 7.82 Å². The van der Waals surface area contributed by atoms with E-state index >= 15 is 0 Å². The second kappa shape index (κ2) is 39.7. The van der Waals surface area contributed by atoms with Crippen LogP contribution in [0.2, 0.25) is 0 Å². The number of nitrogens with zero attached hydrogens (tertiary/aromatic N) is 1. The van der Waals surface area contributed by atoms with Crippen molar-refractivity contribution in [1.29, 1.82) is 0 Å². The molecular formula is C48H78NO7P. The van der Waals surface area contributed by atoms with Crippen molar-refractivity contribution >= 4 is 13.8 Å². The average Bonchev–Trinajstić information content (AvgIpc) is 3.16. The maximum Gasteiger partial charge on any atom is 0.306 e. The molecule has 9 heteroatoms. The molecule has 0 rings (SSSR count). The average molecular weight is 812 g/mol. The standard InChI is InChI=1S/C48H78NO7P/c1-6-8-10-12-14-16-18-20-21-22-23-24-25-26-27-28-30-32-34-36-38-40-43-53-45-47(46-55-57(51,52)54-44-42-49(3,4)5)56-48(50)41-39-37-35-33-31-29-19-17-15-13-11-9-7-2/h8-11,14-17,20-21,23-24,26-27,29-32,35,37,47H,6-7,12-13,18-19,22,25,28,33-34,36,38-46H2,1-5H3/b10-8-,11-9-,16-14-,17-15-,21-20-,24-23-,27-26-,31-29-,32-30-,37-35-. The van der Waals surface area contributed by atoms with E-state index in [1.807, 2.05) is 33.3 Å². The lowest BCUT2D eigenvalue weighted by molar-refractivity contribution is -0.870. The number of hydrogen-bond donors (Lipinski definition) is 0. The van der Waals surface area contributed by atoms with Gasteiger partial charge in [0, 0.05) is 13.0 Å². The van der Waals surface area contributed by atoms with E-state index in [-0.39, 0.29) is 26.2 Å². The highest BCUT2D eigenvalue weighted by atomic mass is 31.2. The lowest BCUT2D eigenvalue weighted by Crippen LogP contribution is -2.37. The number of carbonyl (C=O) groups is 1. The van der Waals surface area contributed by atoms with Crippen molar-refractivity contribution < 1.29 is 37.3 Å². The molecule has 0 saturated carbocycles. The molecule has 0 saturated heterocycles. The first-order valence-electron chi connectivity index (χ1n) is 21.3. The summed E-state index contributed by atoms with van der Waals surface area (Å²) >= 11 is 0. The van der Waals surface area contributed by atoms with E-state index in [2.05, 4.69) is 123 Å². The van der Waals surface area contributed by atoms with E-state index in [1.54, 1.807) is 0 Å². The number of esters is 1. The van der Waals surface area contributed by atoms with Gasteiger partial charge in [0.05, 0.1) is 34.4 Å². The van der Waals surface area contributed by atoms with Gasteiger partial charge in [0.15, 0.2) is 0 Å². The molecule has 0 fully saturated rings. The van der Waals surface area contributed by atoms with Crippen molar-refractivity contribution in [3.63, 3.8) is 0 Å². The topological polar surface area (TPSA) is 94.1 Å². The van der Waals surface area contributed by atoms with E-state index in [0.717, 1.165) is 89.9 Å². The molecule has 0 bridgehead atoms. The molecule has 322 valence electrons. The molecule has 0 aromatic rings. The summed E-state index contributed by atoms with van der Waals surface area (Å²) in [5.41, 5.74) is 0. The number of likely N-dealkylation sites (N-methyl/N-ethyl adjacent to an activating group) is 1. The summed E-state index contributed by atoms with van der Waals surface area (Å²) in [7, 11) is 1.26. The molecule has 0 amide bonds. The Hall–Kier alpha value is -3.10. The number of quaternary nitrogens is 1.